The van der Waals surface area contributed by atoms with E-state index in [0.717, 1.165) is 18.4 Å². The smallest absolute Gasteiger partial charge is 0.310 e. The molecule has 1 atom stereocenters. The molecule has 33 heavy (non-hydrogen) atoms. The second-order valence-electron chi connectivity index (χ2n) is 7.17. The minimum absolute atomic E-state index is 0.103. The van der Waals surface area contributed by atoms with E-state index in [1.807, 2.05) is 4.72 Å². The van der Waals surface area contributed by atoms with Crippen LogP contribution < -0.4 is 15.8 Å². The van der Waals surface area contributed by atoms with Crippen molar-refractivity contribution in [2.75, 3.05) is 16.3 Å². The fourth-order valence-electron chi connectivity index (χ4n) is 3.13. The van der Waals surface area contributed by atoms with Crippen LogP contribution in [0.2, 0.25) is 0 Å². The molecule has 7 nitrogen and oxygen atoms in total. The van der Waals surface area contributed by atoms with Crippen LogP contribution in [0.3, 0.4) is 0 Å². The predicted octanol–water partition coefficient (Wildman–Crippen LogP) is 5.05. The van der Waals surface area contributed by atoms with Gasteiger partial charge in [-0.1, -0.05) is 38.5 Å². The molecule has 5 N–H and O–H groups in total. The summed E-state index contributed by atoms with van der Waals surface area (Å²) in [6.07, 6.45) is 1.19. The van der Waals surface area contributed by atoms with E-state index in [2.05, 4.69) is 5.32 Å². The van der Waals surface area contributed by atoms with Crippen LogP contribution in [0.1, 0.15) is 24.5 Å². The topological polar surface area (TPSA) is 125 Å². The molecule has 0 saturated carbocycles. The molecule has 0 fully saturated rings. The van der Waals surface area contributed by atoms with Crippen LogP contribution in [0, 0.1) is 11.2 Å². The van der Waals surface area contributed by atoms with E-state index in [9.17, 15) is 37.0 Å². The van der Waals surface area contributed by atoms with Crippen molar-refractivity contribution in [2.24, 2.45) is 5.73 Å². The SMILES string of the molecule is CCC(Nc1cc(F)cc(NS(C)(=O)=O)c1C=N)(C(N)=O)c1ccc(S(F)(F)(F)(F)F)cc1. The number of nitrogens with one attached hydrogen (secondary N) is 3. The molecule has 0 saturated heterocycles. The van der Waals surface area contributed by atoms with Crippen LogP contribution in [0.25, 0.3) is 0 Å². The van der Waals surface area contributed by atoms with Crippen LogP contribution in [-0.2, 0) is 20.4 Å². The number of nitrogens with two attached hydrogens (primary N) is 1. The van der Waals surface area contributed by atoms with Gasteiger partial charge < -0.3 is 16.5 Å². The lowest BCUT2D eigenvalue weighted by Crippen LogP contribution is -2.47. The molecular weight excluding hydrogens is 498 g/mol. The Bertz CT molecular complexity index is 1220. The quantitative estimate of drug-likeness (QED) is 0.274. The Kier molecular flexibility index (Phi) is 6.02. The summed E-state index contributed by atoms with van der Waals surface area (Å²) in [6.45, 7) is 1.40. The van der Waals surface area contributed by atoms with Gasteiger partial charge in [-0.15, -0.1) is 0 Å². The van der Waals surface area contributed by atoms with Crippen molar-refractivity contribution in [3.8, 4) is 0 Å². The van der Waals surface area contributed by atoms with Crippen molar-refractivity contribution in [2.45, 2.75) is 23.8 Å². The molecule has 2 rings (SSSR count). The number of halogens is 6. The van der Waals surface area contributed by atoms with Gasteiger partial charge >= 0.3 is 10.2 Å². The number of rotatable bonds is 9. The van der Waals surface area contributed by atoms with Crippen LogP contribution in [0.15, 0.2) is 41.3 Å². The lowest BCUT2D eigenvalue weighted by Gasteiger charge is -2.41. The molecule has 2 aromatic rings. The highest BCUT2D eigenvalue weighted by Crippen LogP contribution is 3.02. The molecule has 15 heteroatoms. The van der Waals surface area contributed by atoms with E-state index in [1.165, 1.54) is 6.92 Å². The van der Waals surface area contributed by atoms with Gasteiger partial charge in [-0.05, 0) is 36.2 Å². The van der Waals surface area contributed by atoms with Gasteiger partial charge in [0.05, 0.1) is 11.9 Å². The van der Waals surface area contributed by atoms with Crippen molar-refractivity contribution in [1.29, 1.82) is 5.41 Å². The third kappa shape index (κ3) is 5.90. The molecule has 1 amide bonds. The third-order valence-electron chi connectivity index (χ3n) is 4.68. The normalized spacial score (nSPS) is 16.1. The number of amides is 1. The maximum Gasteiger partial charge on any atom is 0.310 e. The number of anilines is 2. The fourth-order valence-corrected chi connectivity index (χ4v) is 4.35. The number of hydrogen-bond acceptors (Lipinski definition) is 5. The zero-order valence-electron chi connectivity index (χ0n) is 17.1. The summed E-state index contributed by atoms with van der Waals surface area (Å²) in [5.41, 5.74) is 2.33. The third-order valence-corrected chi connectivity index (χ3v) is 6.43. The summed E-state index contributed by atoms with van der Waals surface area (Å²) in [4.78, 5) is 10.2. The highest BCUT2D eigenvalue weighted by molar-refractivity contribution is 8.45. The summed E-state index contributed by atoms with van der Waals surface area (Å²) < 4.78 is 105. The zero-order valence-corrected chi connectivity index (χ0v) is 18.8. The van der Waals surface area contributed by atoms with Gasteiger partial charge in [-0.2, -0.15) is 0 Å². The summed E-state index contributed by atoms with van der Waals surface area (Å²) in [6, 6.07) is 3.05. The second-order valence-corrected chi connectivity index (χ2v) is 11.3. The largest absolute Gasteiger partial charge is 0.367 e. The second kappa shape index (κ2) is 7.55. The number of carbonyl (C=O) groups excluding carboxylic acids is 1. The van der Waals surface area contributed by atoms with Gasteiger partial charge in [-0.3, -0.25) is 9.52 Å². The van der Waals surface area contributed by atoms with E-state index in [-0.39, 0.29) is 41.1 Å². The van der Waals surface area contributed by atoms with E-state index < -0.39 is 42.4 Å². The first-order valence-electron chi connectivity index (χ1n) is 8.97. The molecule has 0 bridgehead atoms. The summed E-state index contributed by atoms with van der Waals surface area (Å²) in [5, 5.41) is 10.1. The van der Waals surface area contributed by atoms with Crippen LogP contribution in [-0.4, -0.2) is 26.8 Å². The predicted molar refractivity (Wildman–Crippen MR) is 115 cm³/mol. The molecule has 1 unspecified atom stereocenters. The fraction of sp³-hybridized carbons (Fsp3) is 0.222. The van der Waals surface area contributed by atoms with Crippen molar-refractivity contribution in [3.63, 3.8) is 0 Å². The Morgan fingerprint density at radius 1 is 1.12 bits per heavy atom. The van der Waals surface area contributed by atoms with Gasteiger partial charge in [0.25, 0.3) is 0 Å². The molecule has 0 heterocycles. The molecular formula is C18H20F6N4O3S2. The summed E-state index contributed by atoms with van der Waals surface area (Å²) >= 11 is 0. The van der Waals surface area contributed by atoms with E-state index >= 15 is 0 Å². The Balaban J connectivity index is 2.69. The molecule has 0 aromatic heterocycles. The lowest BCUT2D eigenvalue weighted by molar-refractivity contribution is -0.122. The Labute approximate surface area is 185 Å². The Morgan fingerprint density at radius 3 is 2.03 bits per heavy atom. The first-order valence-corrected chi connectivity index (χ1v) is 12.8. The van der Waals surface area contributed by atoms with Crippen LogP contribution in [0.4, 0.5) is 35.2 Å². The van der Waals surface area contributed by atoms with E-state index in [1.54, 1.807) is 0 Å². The molecule has 0 radical (unpaired) electrons. The van der Waals surface area contributed by atoms with Gasteiger partial charge in [0.2, 0.25) is 15.9 Å². The standard InChI is InChI=1S/C18H20F6N4O3S2/c1-3-18(17(26)29,11-4-6-13(7-5-11)33(20,21,22,23)24)27-15-8-12(19)9-16(14(15)10-25)28-32(2,30)31/h4-10,25,27-28H,3H2,1-2H3,(H2,26,29). The first-order chi connectivity index (χ1) is 14.7. The van der Waals surface area contributed by atoms with E-state index in [0.29, 0.717) is 18.3 Å². The maximum atomic E-state index is 14.2. The number of hydrogen-bond donors (Lipinski definition) is 4. The molecule has 0 aliphatic rings. The maximum absolute atomic E-state index is 14.2. The van der Waals surface area contributed by atoms with Crippen LogP contribution >= 0.6 is 10.2 Å². The van der Waals surface area contributed by atoms with Gasteiger partial charge in [0.1, 0.15) is 16.3 Å². The highest BCUT2D eigenvalue weighted by atomic mass is 32.5. The minimum Gasteiger partial charge on any atom is -0.367 e. The van der Waals surface area contributed by atoms with Crippen molar-refractivity contribution in [1.82, 2.24) is 0 Å². The molecule has 184 valence electrons. The molecule has 0 spiro atoms. The Hall–Kier alpha value is -2.94. The van der Waals surface area contributed by atoms with E-state index in [4.69, 9.17) is 11.1 Å². The minimum atomic E-state index is -9.98. The molecule has 0 aliphatic carbocycles. The average Bonchev–Trinajstić information content (AvgIpc) is 2.62. The van der Waals surface area contributed by atoms with Crippen molar-refractivity contribution in [3.05, 3.63) is 53.3 Å². The molecule has 2 aromatic carbocycles. The summed E-state index contributed by atoms with van der Waals surface area (Å²) in [5.74, 6) is -2.14. The Morgan fingerprint density at radius 2 is 1.64 bits per heavy atom. The molecule has 0 aliphatic heterocycles. The van der Waals surface area contributed by atoms with Gasteiger partial charge in [0, 0.05) is 17.5 Å². The van der Waals surface area contributed by atoms with Gasteiger partial charge in [-0.25, -0.2) is 12.8 Å². The monoisotopic (exact) mass is 518 g/mol. The lowest BCUT2D eigenvalue weighted by atomic mass is 9.85. The van der Waals surface area contributed by atoms with Crippen LogP contribution in [0.5, 0.6) is 0 Å². The first kappa shape index (κ1) is 26.3. The van der Waals surface area contributed by atoms with Gasteiger partial charge in [0.15, 0.2) is 0 Å². The highest BCUT2D eigenvalue weighted by Gasteiger charge is 2.65. The number of primary amides is 1. The number of sulfonamides is 1. The number of benzene rings is 2. The van der Waals surface area contributed by atoms with Crippen molar-refractivity contribution >= 4 is 43.7 Å². The van der Waals surface area contributed by atoms with Crippen molar-refractivity contribution < 1.29 is 37.0 Å². The number of carbonyl (C=O) groups is 1. The zero-order chi connectivity index (χ0) is 25.5. The summed E-state index contributed by atoms with van der Waals surface area (Å²) in [7, 11) is -13.9. The average molecular weight is 519 g/mol.